The Bertz CT molecular complexity index is 553. The summed E-state index contributed by atoms with van der Waals surface area (Å²) >= 11 is 0. The Morgan fingerprint density at radius 3 is 2.52 bits per heavy atom. The maximum Gasteiger partial charge on any atom is 0.573 e. The first-order chi connectivity index (χ1) is 11.9. The zero-order valence-electron chi connectivity index (χ0n) is 13.9. The van der Waals surface area contributed by atoms with Crippen LogP contribution in [0.2, 0.25) is 0 Å². The molecule has 2 aliphatic rings. The van der Waals surface area contributed by atoms with Crippen LogP contribution in [0.1, 0.15) is 24.4 Å². The molecule has 0 saturated carbocycles. The number of phenols is 1. The fourth-order valence-corrected chi connectivity index (χ4v) is 3.71. The normalized spacial score (nSPS) is 21.9. The number of phenolic OH excluding ortho intramolecular Hbond substituents is 1. The maximum atomic E-state index is 12.6. The van der Waals surface area contributed by atoms with Crippen LogP contribution in [0.5, 0.6) is 11.5 Å². The summed E-state index contributed by atoms with van der Waals surface area (Å²) in [6.07, 6.45) is -3.12. The molecule has 0 amide bonds. The lowest BCUT2D eigenvalue weighted by molar-refractivity contribution is -0.274. The Labute approximate surface area is 144 Å². The van der Waals surface area contributed by atoms with Gasteiger partial charge in [0.05, 0.1) is 0 Å². The van der Waals surface area contributed by atoms with Gasteiger partial charge < -0.3 is 19.9 Å². The Balaban J connectivity index is 1.92. The molecule has 2 aliphatic heterocycles. The van der Waals surface area contributed by atoms with Crippen molar-refractivity contribution in [3.05, 3.63) is 23.8 Å². The van der Waals surface area contributed by atoms with Crippen LogP contribution in [0.4, 0.5) is 13.2 Å². The number of nitrogens with zero attached hydrogens (tertiary/aromatic N) is 1. The van der Waals surface area contributed by atoms with Gasteiger partial charge in [0.25, 0.3) is 0 Å². The van der Waals surface area contributed by atoms with Gasteiger partial charge in [-0.3, -0.25) is 4.90 Å². The number of hydrogen-bond donors (Lipinski definition) is 2. The number of piperazine rings is 1. The molecular weight excluding hydrogens is 337 g/mol. The van der Waals surface area contributed by atoms with Gasteiger partial charge in [0.2, 0.25) is 0 Å². The summed E-state index contributed by atoms with van der Waals surface area (Å²) < 4.78 is 47.2. The predicted octanol–water partition coefficient (Wildman–Crippen LogP) is 2.66. The molecule has 0 bridgehead atoms. The van der Waals surface area contributed by atoms with Crippen molar-refractivity contribution in [3.8, 4) is 11.5 Å². The number of rotatable bonds is 4. The average Bonchev–Trinajstić information content (AvgIpc) is 2.59. The van der Waals surface area contributed by atoms with Gasteiger partial charge in [-0.2, -0.15) is 0 Å². The molecule has 5 nitrogen and oxygen atoms in total. The van der Waals surface area contributed by atoms with Crippen molar-refractivity contribution in [3.63, 3.8) is 0 Å². The zero-order valence-corrected chi connectivity index (χ0v) is 13.9. The minimum Gasteiger partial charge on any atom is -0.508 e. The lowest BCUT2D eigenvalue weighted by Crippen LogP contribution is -2.47. The van der Waals surface area contributed by atoms with E-state index in [1.165, 1.54) is 12.1 Å². The molecule has 0 radical (unpaired) electrons. The molecule has 0 unspecified atom stereocenters. The second kappa shape index (κ2) is 7.80. The van der Waals surface area contributed by atoms with Crippen LogP contribution >= 0.6 is 0 Å². The van der Waals surface area contributed by atoms with E-state index in [1.807, 2.05) is 0 Å². The molecule has 2 fully saturated rings. The van der Waals surface area contributed by atoms with Crippen molar-refractivity contribution >= 4 is 0 Å². The van der Waals surface area contributed by atoms with Crippen LogP contribution in [-0.4, -0.2) is 55.8 Å². The number of aromatic hydroxyl groups is 1. The standard InChI is InChI=1S/C17H23F3N2O3/c18-17(19,20)25-13-1-2-15(23)14(11-13)16(12-3-9-24-10-4-12)22-7-5-21-6-8-22/h1-2,11-12,16,21,23H,3-10H2/t16-/m0/s1. The SMILES string of the molecule is Oc1ccc(OC(F)(F)F)cc1[C@H](C1CCOCC1)N1CCNCC1. The minimum absolute atomic E-state index is 0.00421. The molecule has 2 N–H and O–H groups in total. The molecule has 0 aromatic heterocycles. The van der Waals surface area contributed by atoms with E-state index in [2.05, 4.69) is 15.0 Å². The smallest absolute Gasteiger partial charge is 0.508 e. The first kappa shape index (κ1) is 18.3. The number of halogens is 3. The fraction of sp³-hybridized carbons (Fsp3) is 0.647. The fourth-order valence-electron chi connectivity index (χ4n) is 3.71. The van der Waals surface area contributed by atoms with Gasteiger partial charge in [0.15, 0.2) is 0 Å². The molecule has 0 aliphatic carbocycles. The van der Waals surface area contributed by atoms with E-state index in [0.29, 0.717) is 18.8 Å². The third-order valence-electron chi connectivity index (χ3n) is 4.81. The van der Waals surface area contributed by atoms with Crippen LogP contribution in [0, 0.1) is 5.92 Å². The van der Waals surface area contributed by atoms with E-state index < -0.39 is 6.36 Å². The van der Waals surface area contributed by atoms with E-state index in [9.17, 15) is 18.3 Å². The molecule has 1 aromatic rings. The van der Waals surface area contributed by atoms with Crippen molar-refractivity contribution in [1.29, 1.82) is 0 Å². The molecule has 1 aromatic carbocycles. The highest BCUT2D eigenvalue weighted by Gasteiger charge is 2.35. The quantitative estimate of drug-likeness (QED) is 0.865. The topological polar surface area (TPSA) is 54.0 Å². The van der Waals surface area contributed by atoms with Gasteiger partial charge in [0, 0.05) is 51.0 Å². The monoisotopic (exact) mass is 360 g/mol. The first-order valence-electron chi connectivity index (χ1n) is 8.55. The summed E-state index contributed by atoms with van der Waals surface area (Å²) in [4.78, 5) is 2.24. The van der Waals surface area contributed by atoms with E-state index in [1.54, 1.807) is 0 Å². The summed E-state index contributed by atoms with van der Waals surface area (Å²) in [5, 5.41) is 13.6. The summed E-state index contributed by atoms with van der Waals surface area (Å²) in [6, 6.07) is 3.60. The van der Waals surface area contributed by atoms with Crippen LogP contribution in [0.3, 0.4) is 0 Å². The highest BCUT2D eigenvalue weighted by atomic mass is 19.4. The molecule has 0 spiro atoms. The highest BCUT2D eigenvalue weighted by molar-refractivity contribution is 5.42. The van der Waals surface area contributed by atoms with Gasteiger partial charge in [-0.25, -0.2) is 0 Å². The number of hydrogen-bond acceptors (Lipinski definition) is 5. The van der Waals surface area contributed by atoms with Gasteiger partial charge in [-0.1, -0.05) is 0 Å². The summed E-state index contributed by atoms with van der Waals surface area (Å²) in [5.74, 6) is -0.0732. The van der Waals surface area contributed by atoms with Crippen molar-refractivity contribution in [2.45, 2.75) is 25.2 Å². The summed E-state index contributed by atoms with van der Waals surface area (Å²) in [7, 11) is 0. The summed E-state index contributed by atoms with van der Waals surface area (Å²) in [5.41, 5.74) is 0.496. The van der Waals surface area contributed by atoms with Gasteiger partial charge in [-0.15, -0.1) is 13.2 Å². The third kappa shape index (κ3) is 4.77. The lowest BCUT2D eigenvalue weighted by Gasteiger charge is -2.41. The van der Waals surface area contributed by atoms with E-state index in [4.69, 9.17) is 4.74 Å². The van der Waals surface area contributed by atoms with E-state index in [-0.39, 0.29) is 23.5 Å². The number of alkyl halides is 3. The third-order valence-corrected chi connectivity index (χ3v) is 4.81. The van der Waals surface area contributed by atoms with E-state index >= 15 is 0 Å². The molecular formula is C17H23F3N2O3. The Kier molecular flexibility index (Phi) is 5.71. The molecule has 8 heteroatoms. The molecule has 1 atom stereocenters. The van der Waals surface area contributed by atoms with Crippen molar-refractivity contribution in [1.82, 2.24) is 10.2 Å². The Hall–Kier alpha value is -1.51. The lowest BCUT2D eigenvalue weighted by atomic mass is 9.85. The summed E-state index contributed by atoms with van der Waals surface area (Å²) in [6.45, 7) is 4.47. The second-order valence-corrected chi connectivity index (χ2v) is 6.45. The van der Waals surface area contributed by atoms with Gasteiger partial charge in [0.1, 0.15) is 11.5 Å². The van der Waals surface area contributed by atoms with Gasteiger partial charge >= 0.3 is 6.36 Å². The highest BCUT2D eigenvalue weighted by Crippen LogP contribution is 2.41. The predicted molar refractivity (Wildman–Crippen MR) is 85.5 cm³/mol. The largest absolute Gasteiger partial charge is 0.573 e. The number of ether oxygens (including phenoxy) is 2. The Morgan fingerprint density at radius 1 is 1.20 bits per heavy atom. The van der Waals surface area contributed by atoms with Crippen LogP contribution in [-0.2, 0) is 4.74 Å². The van der Waals surface area contributed by atoms with Crippen molar-refractivity contribution < 1.29 is 27.8 Å². The second-order valence-electron chi connectivity index (χ2n) is 6.45. The number of nitrogens with one attached hydrogen (secondary N) is 1. The van der Waals surface area contributed by atoms with E-state index in [0.717, 1.165) is 45.1 Å². The van der Waals surface area contributed by atoms with Crippen LogP contribution < -0.4 is 10.1 Å². The van der Waals surface area contributed by atoms with Crippen LogP contribution in [0.25, 0.3) is 0 Å². The number of benzene rings is 1. The Morgan fingerprint density at radius 2 is 1.88 bits per heavy atom. The van der Waals surface area contributed by atoms with Crippen molar-refractivity contribution in [2.24, 2.45) is 5.92 Å². The molecule has 2 heterocycles. The maximum absolute atomic E-state index is 12.6. The van der Waals surface area contributed by atoms with Gasteiger partial charge in [-0.05, 0) is 37.0 Å². The molecule has 25 heavy (non-hydrogen) atoms. The molecule has 140 valence electrons. The van der Waals surface area contributed by atoms with Crippen molar-refractivity contribution in [2.75, 3.05) is 39.4 Å². The molecule has 3 rings (SSSR count). The minimum atomic E-state index is -4.75. The van der Waals surface area contributed by atoms with Crippen LogP contribution in [0.15, 0.2) is 18.2 Å². The zero-order chi connectivity index (χ0) is 17.9. The molecule has 2 saturated heterocycles. The first-order valence-corrected chi connectivity index (χ1v) is 8.55. The average molecular weight is 360 g/mol.